The first kappa shape index (κ1) is 27.6. The molecule has 1 aliphatic rings. The number of imide groups is 1. The van der Waals surface area contributed by atoms with Gasteiger partial charge in [0.05, 0.1) is 17.0 Å². The first-order valence-electron chi connectivity index (χ1n) is 12.2. The number of aromatic nitrogens is 1. The Morgan fingerprint density at radius 1 is 1.03 bits per heavy atom. The zero-order chi connectivity index (χ0) is 27.8. The monoisotopic (exact) mass is 542 g/mol. The van der Waals surface area contributed by atoms with E-state index in [2.05, 4.69) is 13.8 Å². The number of carbonyl (C=O) groups excluding carboxylic acids is 2. The van der Waals surface area contributed by atoms with E-state index in [4.69, 9.17) is 4.74 Å². The number of carbonyl (C=O) groups is 2. The number of hydrogen-bond acceptors (Lipinski definition) is 4. The molecule has 200 valence electrons. The Morgan fingerprint density at radius 2 is 1.76 bits per heavy atom. The van der Waals surface area contributed by atoms with Crippen molar-refractivity contribution in [1.29, 1.82) is 0 Å². The van der Waals surface area contributed by atoms with Gasteiger partial charge in [0, 0.05) is 17.1 Å². The number of amides is 2. The van der Waals surface area contributed by atoms with Gasteiger partial charge in [-0.1, -0.05) is 32.0 Å². The van der Waals surface area contributed by atoms with Crippen molar-refractivity contribution < 1.29 is 27.5 Å². The predicted molar refractivity (Wildman–Crippen MR) is 144 cm³/mol. The van der Waals surface area contributed by atoms with Crippen molar-refractivity contribution in [2.45, 2.75) is 46.7 Å². The van der Waals surface area contributed by atoms with Crippen LogP contribution in [0.25, 0.3) is 11.8 Å². The third-order valence-electron chi connectivity index (χ3n) is 6.43. The van der Waals surface area contributed by atoms with Crippen molar-refractivity contribution in [3.8, 4) is 11.4 Å². The maximum atomic E-state index is 13.2. The van der Waals surface area contributed by atoms with Crippen LogP contribution in [0.3, 0.4) is 0 Å². The fraction of sp³-hybridized carbons (Fsp3) is 0.310. The number of alkyl halides is 3. The van der Waals surface area contributed by atoms with Gasteiger partial charge in [0.15, 0.2) is 0 Å². The second-order valence-electron chi connectivity index (χ2n) is 9.59. The first-order valence-corrected chi connectivity index (χ1v) is 13.0. The van der Waals surface area contributed by atoms with Crippen molar-refractivity contribution in [1.82, 2.24) is 9.47 Å². The lowest BCUT2D eigenvalue weighted by molar-refractivity contribution is -0.137. The second kappa shape index (κ2) is 10.7. The van der Waals surface area contributed by atoms with Crippen molar-refractivity contribution in [3.63, 3.8) is 0 Å². The SMILES string of the molecule is Cc1ccc(C(C)C)c(OCCN2C(=O)S/C(=C\c3cc(C)n(-c4cccc(C(F)(F)F)c4)c3C)C2=O)c1. The van der Waals surface area contributed by atoms with Crippen LogP contribution in [0, 0.1) is 20.8 Å². The van der Waals surface area contributed by atoms with Gasteiger partial charge in [-0.15, -0.1) is 0 Å². The van der Waals surface area contributed by atoms with Gasteiger partial charge in [0.25, 0.3) is 11.1 Å². The van der Waals surface area contributed by atoms with Gasteiger partial charge >= 0.3 is 6.18 Å². The highest BCUT2D eigenvalue weighted by atomic mass is 32.2. The summed E-state index contributed by atoms with van der Waals surface area (Å²) in [4.78, 5) is 27.1. The largest absolute Gasteiger partial charge is 0.491 e. The lowest BCUT2D eigenvalue weighted by atomic mass is 10.0. The van der Waals surface area contributed by atoms with Crippen LogP contribution in [0.2, 0.25) is 0 Å². The summed E-state index contributed by atoms with van der Waals surface area (Å²) in [6.07, 6.45) is -2.83. The van der Waals surface area contributed by atoms with Gasteiger partial charge in [0.2, 0.25) is 0 Å². The number of hydrogen-bond donors (Lipinski definition) is 0. The Labute approximate surface area is 224 Å². The number of thioether (sulfide) groups is 1. The van der Waals surface area contributed by atoms with Crippen molar-refractivity contribution in [3.05, 3.63) is 87.1 Å². The summed E-state index contributed by atoms with van der Waals surface area (Å²) < 4.78 is 47.3. The summed E-state index contributed by atoms with van der Waals surface area (Å²) in [5, 5.41) is -0.384. The molecule has 3 aromatic rings. The van der Waals surface area contributed by atoms with E-state index >= 15 is 0 Å². The number of nitrogens with zero attached hydrogens (tertiary/aromatic N) is 2. The maximum Gasteiger partial charge on any atom is 0.416 e. The van der Waals surface area contributed by atoms with E-state index in [9.17, 15) is 22.8 Å². The minimum Gasteiger partial charge on any atom is -0.491 e. The minimum absolute atomic E-state index is 0.108. The van der Waals surface area contributed by atoms with Crippen LogP contribution in [0.1, 0.15) is 53.4 Å². The van der Waals surface area contributed by atoms with E-state index in [0.29, 0.717) is 22.6 Å². The summed E-state index contributed by atoms with van der Waals surface area (Å²) in [7, 11) is 0. The fourth-order valence-electron chi connectivity index (χ4n) is 4.48. The van der Waals surface area contributed by atoms with Gasteiger partial charge in [-0.2, -0.15) is 13.2 Å². The summed E-state index contributed by atoms with van der Waals surface area (Å²) in [5.74, 6) is 0.589. The van der Waals surface area contributed by atoms with Crippen LogP contribution < -0.4 is 4.74 Å². The van der Waals surface area contributed by atoms with Crippen LogP contribution in [-0.4, -0.2) is 33.8 Å². The minimum atomic E-state index is -4.45. The predicted octanol–water partition coefficient (Wildman–Crippen LogP) is 7.66. The molecule has 5 nitrogen and oxygen atoms in total. The van der Waals surface area contributed by atoms with Gasteiger partial charge in [-0.3, -0.25) is 14.5 Å². The molecule has 0 unspecified atom stereocenters. The van der Waals surface area contributed by atoms with E-state index in [-0.39, 0.29) is 29.2 Å². The molecule has 2 heterocycles. The average molecular weight is 543 g/mol. The summed E-state index contributed by atoms with van der Waals surface area (Å²) in [5.41, 5.74) is 3.78. The zero-order valence-corrected chi connectivity index (χ0v) is 22.7. The standard InChI is InChI=1S/C29H29F3N2O3S/c1-17(2)24-10-9-18(3)13-25(24)37-12-11-33-27(35)26(38-28(33)36)15-21-14-19(4)34(20(21)5)23-8-6-7-22(16-23)29(30,31)32/h6-10,13-17H,11-12H2,1-5H3/b26-15-. The first-order chi connectivity index (χ1) is 17.9. The van der Waals surface area contributed by atoms with Crippen LogP contribution >= 0.6 is 11.8 Å². The highest BCUT2D eigenvalue weighted by Gasteiger charge is 2.35. The number of aryl methyl sites for hydroxylation is 2. The van der Waals surface area contributed by atoms with E-state index in [1.165, 1.54) is 6.07 Å². The molecule has 0 saturated carbocycles. The average Bonchev–Trinajstić information content (AvgIpc) is 3.27. The van der Waals surface area contributed by atoms with E-state index in [1.54, 1.807) is 36.6 Å². The van der Waals surface area contributed by atoms with Gasteiger partial charge in [-0.05, 0) is 91.5 Å². The Kier molecular flexibility index (Phi) is 7.78. The van der Waals surface area contributed by atoms with Crippen LogP contribution in [-0.2, 0) is 11.0 Å². The molecule has 9 heteroatoms. The van der Waals surface area contributed by atoms with E-state index < -0.39 is 17.6 Å². The number of halogens is 3. The quantitative estimate of drug-likeness (QED) is 0.288. The summed E-state index contributed by atoms with van der Waals surface area (Å²) >= 11 is 0.844. The molecule has 2 aromatic carbocycles. The van der Waals surface area contributed by atoms with Gasteiger partial charge < -0.3 is 9.30 Å². The normalized spacial score (nSPS) is 15.3. The molecular formula is C29H29F3N2O3S. The molecule has 1 aliphatic heterocycles. The topological polar surface area (TPSA) is 51.5 Å². The molecule has 38 heavy (non-hydrogen) atoms. The Bertz CT molecular complexity index is 1420. The molecule has 1 saturated heterocycles. The maximum absolute atomic E-state index is 13.2. The molecule has 1 aromatic heterocycles. The third-order valence-corrected chi connectivity index (χ3v) is 7.33. The highest BCUT2D eigenvalue weighted by molar-refractivity contribution is 8.18. The molecule has 2 amide bonds. The summed E-state index contributed by atoms with van der Waals surface area (Å²) in [6.45, 7) is 9.94. The second-order valence-corrected chi connectivity index (χ2v) is 10.6. The molecule has 4 rings (SSSR count). The van der Waals surface area contributed by atoms with Crippen molar-refractivity contribution in [2.24, 2.45) is 0 Å². The van der Waals surface area contributed by atoms with Crippen LogP contribution in [0.4, 0.5) is 18.0 Å². The molecule has 0 aliphatic carbocycles. The molecule has 0 bridgehead atoms. The lowest BCUT2D eigenvalue weighted by Gasteiger charge is -2.17. The third kappa shape index (κ3) is 5.67. The molecule has 0 N–H and O–H groups in total. The smallest absolute Gasteiger partial charge is 0.416 e. The van der Waals surface area contributed by atoms with E-state index in [1.807, 2.05) is 25.1 Å². The number of rotatable bonds is 7. The van der Waals surface area contributed by atoms with Crippen molar-refractivity contribution in [2.75, 3.05) is 13.2 Å². The fourth-order valence-corrected chi connectivity index (χ4v) is 5.33. The molecular weight excluding hydrogens is 513 g/mol. The highest BCUT2D eigenvalue weighted by Crippen LogP contribution is 2.35. The Morgan fingerprint density at radius 3 is 2.45 bits per heavy atom. The molecule has 0 spiro atoms. The summed E-state index contributed by atoms with van der Waals surface area (Å²) in [6, 6.07) is 12.9. The Hall–Kier alpha value is -3.46. The van der Waals surface area contributed by atoms with Crippen LogP contribution in [0.15, 0.2) is 53.4 Å². The zero-order valence-electron chi connectivity index (χ0n) is 21.8. The van der Waals surface area contributed by atoms with E-state index in [0.717, 1.165) is 45.7 Å². The molecule has 1 fully saturated rings. The van der Waals surface area contributed by atoms with Gasteiger partial charge in [0.1, 0.15) is 12.4 Å². The molecule has 0 radical (unpaired) electrons. The number of benzene rings is 2. The lowest BCUT2D eigenvalue weighted by Crippen LogP contribution is -2.32. The van der Waals surface area contributed by atoms with Crippen molar-refractivity contribution >= 4 is 29.0 Å². The van der Waals surface area contributed by atoms with Gasteiger partial charge in [-0.25, -0.2) is 0 Å². The number of ether oxygens (including phenoxy) is 1. The Balaban J connectivity index is 1.51. The van der Waals surface area contributed by atoms with Crippen LogP contribution in [0.5, 0.6) is 5.75 Å². The molecule has 0 atom stereocenters.